The van der Waals surface area contributed by atoms with Crippen molar-refractivity contribution in [2.75, 3.05) is 5.32 Å². The molecule has 126 valence electrons. The predicted molar refractivity (Wildman–Crippen MR) is 92.3 cm³/mol. The lowest BCUT2D eigenvalue weighted by atomic mass is 10.1. The number of anilines is 1. The van der Waals surface area contributed by atoms with Crippen LogP contribution in [0.3, 0.4) is 0 Å². The van der Waals surface area contributed by atoms with Gasteiger partial charge in [-0.25, -0.2) is 4.79 Å². The Balaban J connectivity index is 2.00. The van der Waals surface area contributed by atoms with Gasteiger partial charge in [-0.1, -0.05) is 41.4 Å². The van der Waals surface area contributed by atoms with Crippen LogP contribution in [0.1, 0.15) is 22.8 Å². The number of carbonyl (C=O) groups is 2. The van der Waals surface area contributed by atoms with Crippen LogP contribution in [0.2, 0.25) is 10.0 Å². The fraction of sp³-hybridized carbons (Fsp3) is 0.176. The molecule has 0 aliphatic carbocycles. The van der Waals surface area contributed by atoms with E-state index in [9.17, 15) is 9.59 Å². The molecule has 2 N–H and O–H groups in total. The van der Waals surface area contributed by atoms with Crippen LogP contribution >= 0.6 is 23.2 Å². The van der Waals surface area contributed by atoms with Crippen LogP contribution in [0.15, 0.2) is 42.5 Å². The number of nitrogens with one attached hydrogen (secondary N) is 1. The van der Waals surface area contributed by atoms with Gasteiger partial charge in [0, 0.05) is 0 Å². The minimum Gasteiger partial charge on any atom is -0.449 e. The molecule has 0 bridgehead atoms. The normalized spacial score (nSPS) is 11.7. The summed E-state index contributed by atoms with van der Waals surface area (Å²) in [6.07, 6.45) is -1.02. The first-order valence-electron chi connectivity index (χ1n) is 7.08. The average Bonchev–Trinajstić information content (AvgIpc) is 2.58. The van der Waals surface area contributed by atoms with E-state index in [0.29, 0.717) is 16.3 Å². The fourth-order valence-electron chi connectivity index (χ4n) is 1.86. The van der Waals surface area contributed by atoms with E-state index in [1.807, 2.05) is 0 Å². The highest BCUT2D eigenvalue weighted by atomic mass is 35.5. The second-order valence-corrected chi connectivity index (χ2v) is 5.78. The van der Waals surface area contributed by atoms with Gasteiger partial charge in [-0.05, 0) is 36.8 Å². The molecule has 0 saturated heterocycles. The first-order chi connectivity index (χ1) is 11.4. The Kier molecular flexibility index (Phi) is 6.20. The lowest BCUT2D eigenvalue weighted by molar-refractivity contribution is -0.123. The summed E-state index contributed by atoms with van der Waals surface area (Å²) >= 11 is 11.9. The second-order valence-electron chi connectivity index (χ2n) is 4.99. The van der Waals surface area contributed by atoms with Gasteiger partial charge in [-0.3, -0.25) is 4.79 Å². The van der Waals surface area contributed by atoms with E-state index in [1.165, 1.54) is 19.1 Å². The first kappa shape index (κ1) is 18.3. The minimum absolute atomic E-state index is 0.117. The Morgan fingerprint density at radius 3 is 2.46 bits per heavy atom. The summed E-state index contributed by atoms with van der Waals surface area (Å²) in [6.45, 7) is 1.34. The number of amides is 1. The predicted octanol–water partition coefficient (Wildman–Crippen LogP) is 3.67. The van der Waals surface area contributed by atoms with Crippen LogP contribution in [0.25, 0.3) is 0 Å². The molecule has 1 unspecified atom stereocenters. The molecule has 1 atom stereocenters. The number of hydrogen-bond donors (Lipinski definition) is 2. The van der Waals surface area contributed by atoms with Gasteiger partial charge < -0.3 is 15.2 Å². The number of halogens is 2. The monoisotopic (exact) mass is 367 g/mol. The highest BCUT2D eigenvalue weighted by Gasteiger charge is 2.20. The Morgan fingerprint density at radius 2 is 1.83 bits per heavy atom. The Morgan fingerprint density at radius 1 is 1.17 bits per heavy atom. The number of esters is 1. The fourth-order valence-corrected chi connectivity index (χ4v) is 2.21. The number of carbonyl (C=O) groups excluding carboxylic acids is 2. The molecule has 0 fully saturated rings. The van der Waals surface area contributed by atoms with E-state index in [-0.39, 0.29) is 17.2 Å². The molecule has 0 aromatic heterocycles. The standard InChI is InChI=1S/C17H15Cl2NO4/c1-10(16(22)20-14-4-2-3-13(18)15(14)19)24-17(23)12-7-5-11(9-21)6-8-12/h2-8,10,21H,9H2,1H3,(H,20,22). The molecule has 0 spiro atoms. The van der Waals surface area contributed by atoms with Gasteiger partial charge in [-0.15, -0.1) is 0 Å². The topological polar surface area (TPSA) is 75.6 Å². The molecule has 2 aromatic carbocycles. The maximum absolute atomic E-state index is 12.1. The molecule has 2 rings (SSSR count). The van der Waals surface area contributed by atoms with E-state index < -0.39 is 18.0 Å². The first-order valence-corrected chi connectivity index (χ1v) is 7.83. The number of ether oxygens (including phenoxy) is 1. The van der Waals surface area contributed by atoms with Crippen molar-refractivity contribution in [3.05, 3.63) is 63.6 Å². The number of benzene rings is 2. The van der Waals surface area contributed by atoms with Gasteiger partial charge >= 0.3 is 5.97 Å². The maximum Gasteiger partial charge on any atom is 0.338 e. The third-order valence-electron chi connectivity index (χ3n) is 3.23. The van der Waals surface area contributed by atoms with Crippen molar-refractivity contribution in [3.63, 3.8) is 0 Å². The van der Waals surface area contributed by atoms with Gasteiger partial charge in [0.1, 0.15) is 0 Å². The molecule has 0 aliphatic rings. The molecule has 1 amide bonds. The molecule has 0 radical (unpaired) electrons. The highest BCUT2D eigenvalue weighted by Crippen LogP contribution is 2.29. The molecule has 5 nitrogen and oxygen atoms in total. The van der Waals surface area contributed by atoms with E-state index in [0.717, 1.165) is 0 Å². The zero-order valence-corrected chi connectivity index (χ0v) is 14.3. The smallest absolute Gasteiger partial charge is 0.338 e. The molecule has 0 aliphatic heterocycles. The van der Waals surface area contributed by atoms with Gasteiger partial charge in [-0.2, -0.15) is 0 Å². The maximum atomic E-state index is 12.1. The molecule has 0 heterocycles. The van der Waals surface area contributed by atoms with Crippen molar-refractivity contribution in [1.82, 2.24) is 0 Å². The zero-order valence-electron chi connectivity index (χ0n) is 12.8. The lowest BCUT2D eigenvalue weighted by Gasteiger charge is -2.14. The molecule has 0 saturated carbocycles. The minimum atomic E-state index is -1.02. The van der Waals surface area contributed by atoms with Gasteiger partial charge in [0.2, 0.25) is 0 Å². The van der Waals surface area contributed by atoms with Crippen LogP contribution in [0, 0.1) is 0 Å². The van der Waals surface area contributed by atoms with Crippen LogP contribution in [0.4, 0.5) is 5.69 Å². The largest absolute Gasteiger partial charge is 0.449 e. The number of rotatable bonds is 5. The lowest BCUT2D eigenvalue weighted by Crippen LogP contribution is -2.30. The third-order valence-corrected chi connectivity index (χ3v) is 4.05. The Labute approximate surface area is 149 Å². The summed E-state index contributed by atoms with van der Waals surface area (Å²) in [4.78, 5) is 24.1. The van der Waals surface area contributed by atoms with Crippen LogP contribution in [-0.2, 0) is 16.1 Å². The van der Waals surface area contributed by atoms with Crippen LogP contribution < -0.4 is 5.32 Å². The zero-order chi connectivity index (χ0) is 17.7. The van der Waals surface area contributed by atoms with Crippen molar-refractivity contribution in [2.24, 2.45) is 0 Å². The quantitative estimate of drug-likeness (QED) is 0.790. The summed E-state index contributed by atoms with van der Waals surface area (Å²) < 4.78 is 5.12. The second kappa shape index (κ2) is 8.15. The number of aliphatic hydroxyl groups excluding tert-OH is 1. The highest BCUT2D eigenvalue weighted by molar-refractivity contribution is 6.44. The molecule has 24 heavy (non-hydrogen) atoms. The summed E-state index contributed by atoms with van der Waals surface area (Å²) in [5.41, 5.74) is 1.30. The van der Waals surface area contributed by atoms with Gasteiger partial charge in [0.05, 0.1) is 27.9 Å². The van der Waals surface area contributed by atoms with Crippen LogP contribution in [-0.4, -0.2) is 23.1 Å². The Bertz CT molecular complexity index is 747. The summed E-state index contributed by atoms with van der Waals surface area (Å²) in [6, 6.07) is 11.1. The SMILES string of the molecule is CC(OC(=O)c1ccc(CO)cc1)C(=O)Nc1cccc(Cl)c1Cl. The summed E-state index contributed by atoms with van der Waals surface area (Å²) in [5, 5.41) is 12.1. The van der Waals surface area contributed by atoms with Gasteiger partial charge in [0.25, 0.3) is 5.91 Å². The van der Waals surface area contributed by atoms with Crippen molar-refractivity contribution in [1.29, 1.82) is 0 Å². The van der Waals surface area contributed by atoms with E-state index in [4.69, 9.17) is 33.0 Å². The molecule has 7 heteroatoms. The van der Waals surface area contributed by atoms with Crippen molar-refractivity contribution < 1.29 is 19.4 Å². The van der Waals surface area contributed by atoms with Gasteiger partial charge in [0.15, 0.2) is 6.10 Å². The summed E-state index contributed by atoms with van der Waals surface area (Å²) in [5.74, 6) is -1.17. The average molecular weight is 368 g/mol. The van der Waals surface area contributed by atoms with E-state index in [2.05, 4.69) is 5.32 Å². The number of aliphatic hydroxyl groups is 1. The number of hydrogen-bond acceptors (Lipinski definition) is 4. The Hall–Kier alpha value is -2.08. The third kappa shape index (κ3) is 4.47. The van der Waals surface area contributed by atoms with E-state index >= 15 is 0 Å². The van der Waals surface area contributed by atoms with Crippen molar-refractivity contribution >= 4 is 40.8 Å². The van der Waals surface area contributed by atoms with E-state index in [1.54, 1.807) is 30.3 Å². The molecular formula is C17H15Cl2NO4. The van der Waals surface area contributed by atoms with Crippen molar-refractivity contribution in [3.8, 4) is 0 Å². The van der Waals surface area contributed by atoms with Crippen molar-refractivity contribution in [2.45, 2.75) is 19.6 Å². The molecule has 2 aromatic rings. The van der Waals surface area contributed by atoms with Crippen LogP contribution in [0.5, 0.6) is 0 Å². The molecular weight excluding hydrogens is 353 g/mol. The summed E-state index contributed by atoms with van der Waals surface area (Å²) in [7, 11) is 0.